The van der Waals surface area contributed by atoms with Crippen LogP contribution in [-0.4, -0.2) is 36.2 Å². The minimum atomic E-state index is -5.75. The molecule has 1 rings (SSSR count). The van der Waals surface area contributed by atoms with Gasteiger partial charge in [-0.05, 0) is 12.1 Å². The van der Waals surface area contributed by atoms with Crippen molar-refractivity contribution in [3.63, 3.8) is 0 Å². The summed E-state index contributed by atoms with van der Waals surface area (Å²) < 4.78 is 74.6. The molecule has 0 amide bonds. The summed E-state index contributed by atoms with van der Waals surface area (Å²) in [7, 11) is -5.37. The number of alkyl halides is 3. The van der Waals surface area contributed by atoms with Crippen LogP contribution in [0.25, 0.3) is 0 Å². The highest BCUT2D eigenvalue weighted by molar-refractivity contribution is 7.88. The number of benzene rings is 1. The van der Waals surface area contributed by atoms with Gasteiger partial charge in [-0.25, -0.2) is 0 Å². The van der Waals surface area contributed by atoms with Gasteiger partial charge in [0.15, 0.2) is 11.5 Å². The summed E-state index contributed by atoms with van der Waals surface area (Å²) in [5.74, 6) is 0.0716. The zero-order chi connectivity index (χ0) is 17.3. The van der Waals surface area contributed by atoms with E-state index in [1.165, 1.54) is 20.3 Å². The summed E-state index contributed by atoms with van der Waals surface area (Å²) in [4.78, 5) is 0. The lowest BCUT2D eigenvalue weighted by Crippen LogP contribution is -2.41. The van der Waals surface area contributed by atoms with E-state index in [4.69, 9.17) is 9.47 Å². The highest BCUT2D eigenvalue weighted by Crippen LogP contribution is 2.34. The highest BCUT2D eigenvalue weighted by atomic mass is 32.2. The topological polar surface area (TPSA) is 61.8 Å². The molecule has 0 aliphatic carbocycles. The molecule has 0 spiro atoms. The summed E-state index contributed by atoms with van der Waals surface area (Å²) in [6.07, 6.45) is 0. The molecule has 0 bridgehead atoms. The Balaban J connectivity index is 3.57. The van der Waals surface area contributed by atoms with Crippen molar-refractivity contribution in [2.75, 3.05) is 14.2 Å². The van der Waals surface area contributed by atoms with E-state index in [1.807, 2.05) is 19.6 Å². The van der Waals surface area contributed by atoms with Gasteiger partial charge in [-0.15, -0.1) is 0 Å². The third kappa shape index (κ3) is 3.66. The van der Waals surface area contributed by atoms with Crippen molar-refractivity contribution >= 4 is 23.4 Å². The van der Waals surface area contributed by atoms with Crippen molar-refractivity contribution in [1.29, 1.82) is 0 Å². The van der Waals surface area contributed by atoms with E-state index >= 15 is 0 Å². The molecule has 0 atom stereocenters. The Morgan fingerprint density at radius 3 is 1.86 bits per heavy atom. The lowest BCUT2D eigenvalue weighted by Gasteiger charge is -2.24. The smallest absolute Gasteiger partial charge is 0.493 e. The lowest BCUT2D eigenvalue weighted by molar-refractivity contribution is -0.0499. The Kier molecular flexibility index (Phi) is 5.07. The van der Waals surface area contributed by atoms with Crippen molar-refractivity contribution in [2.24, 2.45) is 0 Å². The van der Waals surface area contributed by atoms with Crippen LogP contribution in [0.1, 0.15) is 0 Å². The number of methoxy groups -OCH3 is 2. The fourth-order valence-electron chi connectivity index (χ4n) is 1.85. The number of hydrogen-bond acceptors (Lipinski definition) is 5. The number of halogens is 3. The Labute approximate surface area is 128 Å². The van der Waals surface area contributed by atoms with Crippen molar-refractivity contribution in [2.45, 2.75) is 25.1 Å². The van der Waals surface area contributed by atoms with Crippen LogP contribution in [0.15, 0.2) is 12.1 Å². The Morgan fingerprint density at radius 2 is 1.50 bits per heavy atom. The van der Waals surface area contributed by atoms with Crippen LogP contribution >= 0.6 is 0 Å². The average molecular weight is 358 g/mol. The molecule has 0 N–H and O–H groups in total. The second-order valence-electron chi connectivity index (χ2n) is 5.41. The molecule has 0 saturated heterocycles. The van der Waals surface area contributed by atoms with Crippen LogP contribution in [0.2, 0.25) is 19.6 Å². The van der Waals surface area contributed by atoms with Crippen molar-refractivity contribution in [1.82, 2.24) is 0 Å². The van der Waals surface area contributed by atoms with Crippen molar-refractivity contribution in [3.05, 3.63) is 12.1 Å². The summed E-state index contributed by atoms with van der Waals surface area (Å²) in [5, 5.41) is 0.294. The SMILES string of the molecule is COc1ccc(OS(=O)(=O)C(F)(F)F)c([Si](C)(C)C)c1OC. The normalized spacial score (nSPS) is 12.9. The fraction of sp³-hybridized carbons (Fsp3) is 0.500. The maximum Gasteiger partial charge on any atom is 0.534 e. The van der Waals surface area contributed by atoms with Crippen LogP contribution in [0, 0.1) is 0 Å². The predicted octanol–water partition coefficient (Wildman–Crippen LogP) is 2.48. The first-order valence-electron chi connectivity index (χ1n) is 6.11. The van der Waals surface area contributed by atoms with E-state index in [2.05, 4.69) is 4.18 Å². The third-order valence-corrected chi connectivity index (χ3v) is 5.68. The van der Waals surface area contributed by atoms with Gasteiger partial charge in [0.25, 0.3) is 0 Å². The number of hydrogen-bond donors (Lipinski definition) is 0. The largest absolute Gasteiger partial charge is 0.534 e. The maximum absolute atomic E-state index is 12.5. The standard InChI is InChI=1S/C12H17F3O5SSi/c1-18-8-6-7-9(20-21(16,17)12(13,14)15)11(10(8)19-2)22(3,4)5/h6-7H,1-5H3. The molecule has 0 radical (unpaired) electrons. The molecule has 0 aliphatic rings. The van der Waals surface area contributed by atoms with E-state index in [0.29, 0.717) is 5.19 Å². The van der Waals surface area contributed by atoms with Gasteiger partial charge in [-0.1, -0.05) is 19.6 Å². The van der Waals surface area contributed by atoms with Crippen LogP contribution in [-0.2, 0) is 10.1 Å². The molecule has 0 aromatic heterocycles. The molecule has 0 aliphatic heterocycles. The van der Waals surface area contributed by atoms with E-state index < -0.39 is 29.4 Å². The fourth-order valence-corrected chi connectivity index (χ4v) is 4.18. The first-order valence-corrected chi connectivity index (χ1v) is 11.0. The van der Waals surface area contributed by atoms with E-state index in [0.717, 1.165) is 6.07 Å². The average Bonchev–Trinajstić information content (AvgIpc) is 2.34. The van der Waals surface area contributed by atoms with Crippen LogP contribution < -0.4 is 18.8 Å². The molecule has 10 heteroatoms. The number of ether oxygens (including phenoxy) is 2. The lowest BCUT2D eigenvalue weighted by atomic mass is 10.3. The minimum Gasteiger partial charge on any atom is -0.493 e. The quantitative estimate of drug-likeness (QED) is 0.460. The molecule has 22 heavy (non-hydrogen) atoms. The van der Waals surface area contributed by atoms with Crippen LogP contribution in [0.3, 0.4) is 0 Å². The Morgan fingerprint density at radius 1 is 1.00 bits per heavy atom. The molecule has 1 aromatic rings. The highest BCUT2D eigenvalue weighted by Gasteiger charge is 2.49. The van der Waals surface area contributed by atoms with Gasteiger partial charge in [-0.3, -0.25) is 0 Å². The van der Waals surface area contributed by atoms with E-state index in [-0.39, 0.29) is 11.5 Å². The zero-order valence-electron chi connectivity index (χ0n) is 12.7. The van der Waals surface area contributed by atoms with Gasteiger partial charge in [0.1, 0.15) is 5.75 Å². The van der Waals surface area contributed by atoms with Crippen LogP contribution in [0.5, 0.6) is 17.2 Å². The van der Waals surface area contributed by atoms with Crippen molar-refractivity contribution < 1.29 is 35.2 Å². The van der Waals surface area contributed by atoms with Crippen molar-refractivity contribution in [3.8, 4) is 17.2 Å². The molecule has 0 unspecified atom stereocenters. The van der Waals surface area contributed by atoms with Gasteiger partial charge in [0, 0.05) is 5.19 Å². The summed E-state index contributed by atoms with van der Waals surface area (Å²) in [6, 6.07) is 2.43. The molecule has 126 valence electrons. The second-order valence-corrected chi connectivity index (χ2v) is 11.9. The van der Waals surface area contributed by atoms with Gasteiger partial charge in [0.05, 0.1) is 22.3 Å². The van der Waals surface area contributed by atoms with Crippen LogP contribution in [0.4, 0.5) is 13.2 Å². The second kappa shape index (κ2) is 5.99. The third-order valence-electron chi connectivity index (χ3n) is 2.74. The van der Waals surface area contributed by atoms with Gasteiger partial charge >= 0.3 is 15.6 Å². The predicted molar refractivity (Wildman–Crippen MR) is 78.1 cm³/mol. The maximum atomic E-state index is 12.5. The summed E-state index contributed by atoms with van der Waals surface area (Å²) >= 11 is 0. The van der Waals surface area contributed by atoms with Gasteiger partial charge < -0.3 is 13.7 Å². The first-order chi connectivity index (χ1) is 9.85. The zero-order valence-corrected chi connectivity index (χ0v) is 14.6. The molecule has 5 nitrogen and oxygen atoms in total. The molecule has 0 saturated carbocycles. The number of rotatable bonds is 5. The monoisotopic (exact) mass is 358 g/mol. The molecular formula is C12H17F3O5SSi. The molecule has 1 aromatic carbocycles. The Hall–Kier alpha value is -1.42. The molecule has 0 fully saturated rings. The Bertz CT molecular complexity index is 650. The first kappa shape index (κ1) is 18.6. The van der Waals surface area contributed by atoms with Gasteiger partial charge in [-0.2, -0.15) is 21.6 Å². The summed E-state index contributed by atoms with van der Waals surface area (Å²) in [5.41, 5.74) is -5.50. The summed E-state index contributed by atoms with van der Waals surface area (Å²) in [6.45, 7) is 5.45. The minimum absolute atomic E-state index is 0.177. The molecule has 0 heterocycles. The van der Waals surface area contributed by atoms with Gasteiger partial charge in [0.2, 0.25) is 0 Å². The van der Waals surface area contributed by atoms with E-state index in [9.17, 15) is 21.6 Å². The van der Waals surface area contributed by atoms with E-state index in [1.54, 1.807) is 0 Å². The molecular weight excluding hydrogens is 341 g/mol.